The van der Waals surface area contributed by atoms with E-state index < -0.39 is 0 Å². The maximum atomic E-state index is 4.72. The maximum Gasteiger partial charge on any atom is 0.0542 e. The van der Waals surface area contributed by atoms with E-state index in [1.807, 2.05) is 12.1 Å². The van der Waals surface area contributed by atoms with E-state index in [1.54, 1.807) is 0 Å². The van der Waals surface area contributed by atoms with Gasteiger partial charge >= 0.3 is 0 Å². The third kappa shape index (κ3) is 3.37. The predicted octanol–water partition coefficient (Wildman–Crippen LogP) is 9.84. The van der Waals surface area contributed by atoms with Crippen LogP contribution in [0.2, 0.25) is 0 Å². The van der Waals surface area contributed by atoms with Crippen LogP contribution >= 0.6 is 12.6 Å². The first-order valence-electron chi connectivity index (χ1n) is 13.2. The van der Waals surface area contributed by atoms with E-state index in [0.29, 0.717) is 0 Å². The number of nitrogens with zero attached hydrogens (tertiary/aromatic N) is 2. The molecule has 0 fully saturated rings. The highest BCUT2D eigenvalue weighted by Gasteiger charge is 2.16. The lowest BCUT2D eigenvalue weighted by Gasteiger charge is -2.12. The Balaban J connectivity index is 1.39. The molecule has 0 bridgehead atoms. The molecule has 2 aromatic heterocycles. The molecule has 2 nitrogen and oxygen atoms in total. The second-order valence-electron chi connectivity index (χ2n) is 9.99. The molecule has 184 valence electrons. The van der Waals surface area contributed by atoms with Crippen LogP contribution in [0.4, 0.5) is 0 Å². The molecule has 3 heteroatoms. The Hall–Kier alpha value is -4.73. The van der Waals surface area contributed by atoms with Gasteiger partial charge in [-0.3, -0.25) is 0 Å². The molecule has 0 saturated carbocycles. The number of hydrogen-bond acceptors (Lipinski definition) is 1. The first kappa shape index (κ1) is 22.3. The lowest BCUT2D eigenvalue weighted by molar-refractivity contribution is 1.16. The van der Waals surface area contributed by atoms with Gasteiger partial charge in [0, 0.05) is 37.8 Å². The minimum absolute atomic E-state index is 0.979. The number of rotatable bonds is 3. The van der Waals surface area contributed by atoms with Crippen molar-refractivity contribution in [3.8, 4) is 22.5 Å². The minimum Gasteiger partial charge on any atom is -0.309 e. The fraction of sp³-hybridized carbons (Fsp3) is 0. The number of para-hydroxylation sites is 3. The third-order valence-corrected chi connectivity index (χ3v) is 8.20. The zero-order valence-electron chi connectivity index (χ0n) is 21.1. The Kier molecular flexibility index (Phi) is 4.94. The first-order valence-corrected chi connectivity index (χ1v) is 13.6. The van der Waals surface area contributed by atoms with Gasteiger partial charge in [-0.05, 0) is 65.7 Å². The van der Waals surface area contributed by atoms with E-state index in [4.69, 9.17) is 12.6 Å². The normalized spacial score (nSPS) is 11.7. The van der Waals surface area contributed by atoms with Crippen molar-refractivity contribution in [2.45, 2.75) is 4.90 Å². The van der Waals surface area contributed by atoms with Crippen LogP contribution in [0.1, 0.15) is 0 Å². The Bertz CT molecular complexity index is 2140. The molecule has 6 aromatic carbocycles. The summed E-state index contributed by atoms with van der Waals surface area (Å²) in [5.74, 6) is 0. The van der Waals surface area contributed by atoms with Gasteiger partial charge in [0.05, 0.1) is 22.1 Å². The molecule has 0 amide bonds. The lowest BCUT2D eigenvalue weighted by Crippen LogP contribution is -1.96. The van der Waals surface area contributed by atoms with E-state index in [9.17, 15) is 0 Å². The minimum atomic E-state index is 0.979. The van der Waals surface area contributed by atoms with E-state index in [2.05, 4.69) is 137 Å². The number of hydrogen-bond donors (Lipinski definition) is 1. The molecule has 0 atom stereocenters. The summed E-state index contributed by atoms with van der Waals surface area (Å²) in [7, 11) is 0. The van der Waals surface area contributed by atoms with E-state index in [-0.39, 0.29) is 0 Å². The van der Waals surface area contributed by atoms with Gasteiger partial charge in [-0.15, -0.1) is 12.6 Å². The fourth-order valence-corrected chi connectivity index (χ4v) is 6.40. The molecule has 2 heterocycles. The number of benzene rings is 6. The summed E-state index contributed by atoms with van der Waals surface area (Å²) in [6, 6.07) is 50.0. The van der Waals surface area contributed by atoms with Crippen LogP contribution in [0.25, 0.3) is 66.1 Å². The summed E-state index contributed by atoms with van der Waals surface area (Å²) < 4.78 is 4.77. The summed E-state index contributed by atoms with van der Waals surface area (Å²) in [4.78, 5) is 0.979. The van der Waals surface area contributed by atoms with Crippen molar-refractivity contribution in [2.75, 3.05) is 0 Å². The van der Waals surface area contributed by atoms with Crippen LogP contribution < -0.4 is 0 Å². The average molecular weight is 517 g/mol. The molecule has 8 aromatic rings. The Morgan fingerprint density at radius 1 is 0.385 bits per heavy atom. The summed E-state index contributed by atoms with van der Waals surface area (Å²) in [5.41, 5.74) is 9.43. The highest BCUT2D eigenvalue weighted by atomic mass is 32.1. The van der Waals surface area contributed by atoms with Crippen LogP contribution in [0, 0.1) is 0 Å². The molecule has 0 N–H and O–H groups in total. The predicted molar refractivity (Wildman–Crippen MR) is 168 cm³/mol. The zero-order valence-corrected chi connectivity index (χ0v) is 22.0. The highest BCUT2D eigenvalue weighted by Crippen LogP contribution is 2.37. The van der Waals surface area contributed by atoms with Gasteiger partial charge in [0.2, 0.25) is 0 Å². The first-order chi connectivity index (χ1) is 19.3. The molecular formula is C36H24N2S. The van der Waals surface area contributed by atoms with Crippen LogP contribution in [-0.4, -0.2) is 9.13 Å². The average Bonchev–Trinajstić information content (AvgIpc) is 3.50. The third-order valence-electron chi connectivity index (χ3n) is 7.81. The van der Waals surface area contributed by atoms with Gasteiger partial charge in [-0.2, -0.15) is 0 Å². The van der Waals surface area contributed by atoms with Crippen LogP contribution in [0.5, 0.6) is 0 Å². The van der Waals surface area contributed by atoms with Gasteiger partial charge in [0.1, 0.15) is 0 Å². The molecule has 0 spiro atoms. The summed E-state index contributed by atoms with van der Waals surface area (Å²) in [6.45, 7) is 0. The topological polar surface area (TPSA) is 9.86 Å². The molecule has 39 heavy (non-hydrogen) atoms. The van der Waals surface area contributed by atoms with Gasteiger partial charge in [0.25, 0.3) is 0 Å². The highest BCUT2D eigenvalue weighted by molar-refractivity contribution is 7.80. The number of thiol groups is 1. The number of fused-ring (bicyclic) bond motifs is 6. The maximum absolute atomic E-state index is 4.72. The Labute approximate surface area is 231 Å². The molecule has 0 saturated heterocycles. The van der Waals surface area contributed by atoms with Crippen molar-refractivity contribution in [1.82, 2.24) is 9.13 Å². The second kappa shape index (κ2) is 8.65. The summed E-state index contributed by atoms with van der Waals surface area (Å²) in [6.07, 6.45) is 0. The molecule has 0 aliphatic rings. The van der Waals surface area contributed by atoms with Gasteiger partial charge in [-0.1, -0.05) is 84.9 Å². The van der Waals surface area contributed by atoms with Crippen molar-refractivity contribution in [1.29, 1.82) is 0 Å². The van der Waals surface area contributed by atoms with E-state index in [1.165, 1.54) is 49.3 Å². The monoisotopic (exact) mass is 516 g/mol. The number of aromatic nitrogens is 2. The quantitative estimate of drug-likeness (QED) is 0.224. The van der Waals surface area contributed by atoms with Crippen molar-refractivity contribution >= 4 is 56.2 Å². The fourth-order valence-electron chi connectivity index (χ4n) is 6.11. The molecule has 0 unspecified atom stereocenters. The zero-order chi connectivity index (χ0) is 25.9. The molecule has 0 radical (unpaired) electrons. The van der Waals surface area contributed by atoms with Crippen molar-refractivity contribution < 1.29 is 0 Å². The molecule has 8 rings (SSSR count). The van der Waals surface area contributed by atoms with Gasteiger partial charge in [0.15, 0.2) is 0 Å². The Morgan fingerprint density at radius 3 is 1.54 bits per heavy atom. The SMILES string of the molecule is Sc1ccccc1-c1cccc(-n2c3ccccc3c3cc(-n4c5ccccc5c5ccccc54)ccc32)c1. The van der Waals surface area contributed by atoms with E-state index >= 15 is 0 Å². The second-order valence-corrected chi connectivity index (χ2v) is 10.5. The van der Waals surface area contributed by atoms with Gasteiger partial charge < -0.3 is 9.13 Å². The van der Waals surface area contributed by atoms with Crippen molar-refractivity contribution in [3.63, 3.8) is 0 Å². The summed E-state index contributed by atoms with van der Waals surface area (Å²) >= 11 is 4.72. The van der Waals surface area contributed by atoms with Crippen LogP contribution in [-0.2, 0) is 0 Å². The van der Waals surface area contributed by atoms with E-state index in [0.717, 1.165) is 21.7 Å². The van der Waals surface area contributed by atoms with Crippen molar-refractivity contribution in [2.24, 2.45) is 0 Å². The molecular weight excluding hydrogens is 492 g/mol. The standard InChI is InChI=1S/C36H24N2S/c39-36-19-8-4-12-27(36)24-10-9-11-25(22-24)37-34-18-7-3-15-30(34)31-23-26(20-21-35(31)37)38-32-16-5-1-13-28(32)29-14-2-6-17-33(29)38/h1-23,39H. The summed E-state index contributed by atoms with van der Waals surface area (Å²) in [5, 5.41) is 5.04. The Morgan fingerprint density at radius 2 is 0.897 bits per heavy atom. The molecule has 0 aliphatic heterocycles. The van der Waals surface area contributed by atoms with Crippen molar-refractivity contribution in [3.05, 3.63) is 140 Å². The smallest absolute Gasteiger partial charge is 0.0542 e. The molecule has 0 aliphatic carbocycles. The largest absolute Gasteiger partial charge is 0.309 e. The lowest BCUT2D eigenvalue weighted by atomic mass is 10.0. The van der Waals surface area contributed by atoms with Crippen LogP contribution in [0.15, 0.2) is 144 Å². The van der Waals surface area contributed by atoms with Crippen LogP contribution in [0.3, 0.4) is 0 Å². The van der Waals surface area contributed by atoms with Gasteiger partial charge in [-0.25, -0.2) is 0 Å².